The summed E-state index contributed by atoms with van der Waals surface area (Å²) in [5.74, 6) is -0.420. The highest BCUT2D eigenvalue weighted by atomic mass is 19.1. The van der Waals surface area contributed by atoms with Gasteiger partial charge in [-0.3, -0.25) is 9.89 Å². The Morgan fingerprint density at radius 1 is 1.13 bits per heavy atom. The minimum atomic E-state index is -0.638. The van der Waals surface area contributed by atoms with E-state index in [1.807, 2.05) is 6.07 Å². The van der Waals surface area contributed by atoms with Crippen LogP contribution in [0.3, 0.4) is 0 Å². The van der Waals surface area contributed by atoms with Gasteiger partial charge in [0.1, 0.15) is 0 Å². The molecule has 8 heteroatoms. The van der Waals surface area contributed by atoms with E-state index in [-0.39, 0.29) is 23.4 Å². The van der Waals surface area contributed by atoms with Crippen LogP contribution in [-0.2, 0) is 13.1 Å². The number of hydrogen-bond donors (Lipinski definition) is 3. The van der Waals surface area contributed by atoms with Gasteiger partial charge in [-0.25, -0.2) is 8.78 Å². The van der Waals surface area contributed by atoms with E-state index in [4.69, 9.17) is 4.74 Å². The maximum absolute atomic E-state index is 13.9. The summed E-state index contributed by atoms with van der Waals surface area (Å²) < 4.78 is 32.3. The summed E-state index contributed by atoms with van der Waals surface area (Å²) in [4.78, 5) is 6.53. The Balaban J connectivity index is 1.44. The topological polar surface area (TPSA) is 69.1 Å². The molecule has 1 heterocycles. The zero-order valence-corrected chi connectivity index (χ0v) is 17.3. The monoisotopic (exact) mass is 418 g/mol. The van der Waals surface area contributed by atoms with Crippen molar-refractivity contribution in [1.82, 2.24) is 15.5 Å². The molecule has 1 aliphatic heterocycles. The lowest BCUT2D eigenvalue weighted by molar-refractivity contribution is 0.198. The lowest BCUT2D eigenvalue weighted by Gasteiger charge is -2.33. The van der Waals surface area contributed by atoms with Crippen LogP contribution in [0.1, 0.15) is 24.0 Å². The van der Waals surface area contributed by atoms with Crippen LogP contribution in [0, 0.1) is 11.6 Å². The van der Waals surface area contributed by atoms with Crippen LogP contribution >= 0.6 is 0 Å². The van der Waals surface area contributed by atoms with Crippen molar-refractivity contribution in [3.05, 3.63) is 59.2 Å². The second-order valence-electron chi connectivity index (χ2n) is 7.38. The Morgan fingerprint density at radius 3 is 2.47 bits per heavy atom. The molecule has 2 aromatic rings. The molecule has 0 radical (unpaired) electrons. The maximum atomic E-state index is 13.9. The Morgan fingerprint density at radius 2 is 1.83 bits per heavy atom. The SMILES string of the molecule is CN=C(NCc1ccc(O)c(F)c1)NC1CCN(Cc2ccc(OC)c(F)c2)CC1. The van der Waals surface area contributed by atoms with Gasteiger partial charge >= 0.3 is 0 Å². The van der Waals surface area contributed by atoms with Gasteiger partial charge in [-0.1, -0.05) is 12.1 Å². The molecule has 0 bridgehead atoms. The molecule has 0 saturated carbocycles. The molecule has 1 fully saturated rings. The first-order chi connectivity index (χ1) is 14.5. The lowest BCUT2D eigenvalue weighted by Crippen LogP contribution is -2.48. The van der Waals surface area contributed by atoms with Crippen LogP contribution < -0.4 is 15.4 Å². The van der Waals surface area contributed by atoms with Crippen molar-refractivity contribution in [3.8, 4) is 11.5 Å². The fourth-order valence-corrected chi connectivity index (χ4v) is 3.54. The molecule has 162 valence electrons. The smallest absolute Gasteiger partial charge is 0.191 e. The van der Waals surface area contributed by atoms with E-state index >= 15 is 0 Å². The first kappa shape index (κ1) is 21.8. The molecule has 0 aliphatic carbocycles. The Bertz CT molecular complexity index is 883. The Hall–Kier alpha value is -2.87. The number of rotatable bonds is 6. The van der Waals surface area contributed by atoms with E-state index in [9.17, 15) is 13.9 Å². The summed E-state index contributed by atoms with van der Waals surface area (Å²) in [7, 11) is 3.15. The van der Waals surface area contributed by atoms with Gasteiger partial charge in [0.15, 0.2) is 29.1 Å². The number of likely N-dealkylation sites (tertiary alicyclic amines) is 1. The predicted molar refractivity (Wildman–Crippen MR) is 113 cm³/mol. The van der Waals surface area contributed by atoms with E-state index in [1.54, 1.807) is 19.2 Å². The molecule has 0 amide bonds. The minimum absolute atomic E-state index is 0.260. The third kappa shape index (κ3) is 5.82. The molecule has 2 aromatic carbocycles. The molecule has 0 atom stereocenters. The van der Waals surface area contributed by atoms with E-state index < -0.39 is 5.82 Å². The van der Waals surface area contributed by atoms with Crippen molar-refractivity contribution in [2.24, 2.45) is 4.99 Å². The predicted octanol–water partition coefficient (Wildman–Crippen LogP) is 3.01. The van der Waals surface area contributed by atoms with Crippen LogP contribution in [0.5, 0.6) is 11.5 Å². The third-order valence-corrected chi connectivity index (χ3v) is 5.25. The number of nitrogens with zero attached hydrogens (tertiary/aromatic N) is 2. The van der Waals surface area contributed by atoms with Gasteiger partial charge in [-0.15, -0.1) is 0 Å². The molecular weight excluding hydrogens is 390 g/mol. The number of hydrogen-bond acceptors (Lipinski definition) is 4. The molecule has 3 N–H and O–H groups in total. The van der Waals surface area contributed by atoms with Crippen molar-refractivity contribution in [2.45, 2.75) is 32.0 Å². The summed E-state index contributed by atoms with van der Waals surface area (Å²) in [6.07, 6.45) is 1.88. The quantitative estimate of drug-likeness (QED) is 0.497. The molecule has 0 spiro atoms. The molecule has 0 aromatic heterocycles. The van der Waals surface area contributed by atoms with E-state index in [0.29, 0.717) is 19.0 Å². The van der Waals surface area contributed by atoms with Crippen molar-refractivity contribution in [1.29, 1.82) is 0 Å². The molecule has 0 unspecified atom stereocenters. The number of aliphatic imine (C=N–C) groups is 1. The van der Waals surface area contributed by atoms with Crippen molar-refractivity contribution >= 4 is 5.96 Å². The van der Waals surface area contributed by atoms with Gasteiger partial charge in [-0.2, -0.15) is 0 Å². The average Bonchev–Trinajstić information content (AvgIpc) is 2.75. The Labute approximate surface area is 175 Å². The molecule has 1 saturated heterocycles. The number of methoxy groups -OCH3 is 1. The molecule has 1 aliphatic rings. The van der Waals surface area contributed by atoms with Crippen LogP contribution in [0.15, 0.2) is 41.4 Å². The van der Waals surface area contributed by atoms with Crippen molar-refractivity contribution < 1.29 is 18.6 Å². The highest BCUT2D eigenvalue weighted by molar-refractivity contribution is 5.79. The van der Waals surface area contributed by atoms with Crippen LogP contribution in [-0.4, -0.2) is 49.3 Å². The summed E-state index contributed by atoms with van der Waals surface area (Å²) in [6, 6.07) is 9.67. The molecule has 3 rings (SSSR count). The number of ether oxygens (including phenoxy) is 1. The minimum Gasteiger partial charge on any atom is -0.505 e. The van der Waals surface area contributed by atoms with Crippen LogP contribution in [0.2, 0.25) is 0 Å². The van der Waals surface area contributed by atoms with Crippen LogP contribution in [0.4, 0.5) is 8.78 Å². The zero-order chi connectivity index (χ0) is 21.5. The van der Waals surface area contributed by atoms with Gasteiger partial charge in [0.25, 0.3) is 0 Å². The normalized spacial score (nSPS) is 15.8. The van der Waals surface area contributed by atoms with E-state index in [0.717, 1.165) is 37.1 Å². The standard InChI is InChI=1S/C22H28F2N4O2/c1-25-22(26-13-15-3-5-20(29)18(23)11-15)27-17-7-9-28(10-8-17)14-16-4-6-21(30-2)19(24)12-16/h3-6,11-12,17,29H,7-10,13-14H2,1-2H3,(H2,25,26,27). The van der Waals surface area contributed by atoms with Crippen molar-refractivity contribution in [2.75, 3.05) is 27.2 Å². The third-order valence-electron chi connectivity index (χ3n) is 5.25. The zero-order valence-electron chi connectivity index (χ0n) is 17.3. The van der Waals surface area contributed by atoms with Gasteiger partial charge in [0.2, 0.25) is 0 Å². The van der Waals surface area contributed by atoms with E-state index in [1.165, 1.54) is 25.3 Å². The number of benzene rings is 2. The number of guanidine groups is 1. The van der Waals surface area contributed by atoms with Gasteiger partial charge < -0.3 is 20.5 Å². The largest absolute Gasteiger partial charge is 0.505 e. The summed E-state index contributed by atoms with van der Waals surface area (Å²) in [5.41, 5.74) is 1.65. The molecule has 30 heavy (non-hydrogen) atoms. The number of aromatic hydroxyl groups is 1. The second-order valence-corrected chi connectivity index (χ2v) is 7.38. The number of piperidine rings is 1. The number of phenols is 1. The highest BCUT2D eigenvalue weighted by Gasteiger charge is 2.20. The molecular formula is C22H28F2N4O2. The van der Waals surface area contributed by atoms with Gasteiger partial charge in [-0.05, 0) is 48.2 Å². The number of halogens is 2. The van der Waals surface area contributed by atoms with Gasteiger partial charge in [0, 0.05) is 39.3 Å². The fourth-order valence-electron chi connectivity index (χ4n) is 3.54. The Kier molecular flexibility index (Phi) is 7.46. The number of phenolic OH excluding ortho intramolecular Hbond substituents is 1. The average molecular weight is 418 g/mol. The fraction of sp³-hybridized carbons (Fsp3) is 0.409. The first-order valence-electron chi connectivity index (χ1n) is 9.98. The highest BCUT2D eigenvalue weighted by Crippen LogP contribution is 2.20. The maximum Gasteiger partial charge on any atom is 0.191 e. The summed E-state index contributed by atoms with van der Waals surface area (Å²) >= 11 is 0. The lowest BCUT2D eigenvalue weighted by atomic mass is 10.0. The summed E-state index contributed by atoms with van der Waals surface area (Å²) in [6.45, 7) is 2.89. The number of nitrogens with one attached hydrogen (secondary N) is 2. The van der Waals surface area contributed by atoms with Crippen LogP contribution in [0.25, 0.3) is 0 Å². The second kappa shape index (κ2) is 10.2. The van der Waals surface area contributed by atoms with E-state index in [2.05, 4.69) is 20.5 Å². The molecule has 6 nitrogen and oxygen atoms in total. The first-order valence-corrected chi connectivity index (χ1v) is 9.98. The summed E-state index contributed by atoms with van der Waals surface area (Å²) in [5, 5.41) is 15.8. The van der Waals surface area contributed by atoms with Crippen molar-refractivity contribution in [3.63, 3.8) is 0 Å². The van der Waals surface area contributed by atoms with Gasteiger partial charge in [0.05, 0.1) is 7.11 Å².